The summed E-state index contributed by atoms with van der Waals surface area (Å²) < 4.78 is 6.80. The van der Waals surface area contributed by atoms with Crippen molar-refractivity contribution in [2.45, 2.75) is 76.3 Å². The molecule has 1 spiro atoms. The first kappa shape index (κ1) is 27.3. The molecule has 3 amide bonds. The zero-order valence-electron chi connectivity index (χ0n) is 23.1. The fraction of sp³-hybridized carbons (Fsp3) is 0.516. The summed E-state index contributed by atoms with van der Waals surface area (Å²) in [7, 11) is 0. The highest BCUT2D eigenvalue weighted by molar-refractivity contribution is 6.02. The van der Waals surface area contributed by atoms with Crippen LogP contribution in [-0.4, -0.2) is 57.6 Å². The Morgan fingerprint density at radius 3 is 2.36 bits per heavy atom. The summed E-state index contributed by atoms with van der Waals surface area (Å²) in [5.41, 5.74) is -0.732. The lowest BCUT2D eigenvalue weighted by Gasteiger charge is -2.37. The van der Waals surface area contributed by atoms with Gasteiger partial charge in [0.25, 0.3) is 0 Å². The number of amides is 3. The summed E-state index contributed by atoms with van der Waals surface area (Å²) in [4.78, 5) is 43.9. The van der Waals surface area contributed by atoms with Crippen LogP contribution >= 0.6 is 0 Å². The molecular formula is C31H39N3O5. The van der Waals surface area contributed by atoms with Crippen LogP contribution in [0.5, 0.6) is 0 Å². The molecule has 208 valence electrons. The summed E-state index contributed by atoms with van der Waals surface area (Å²) in [6, 6.07) is 16.6. The number of para-hydroxylation sites is 1. The van der Waals surface area contributed by atoms with Crippen LogP contribution in [0.2, 0.25) is 0 Å². The van der Waals surface area contributed by atoms with Gasteiger partial charge in [0.2, 0.25) is 17.7 Å². The number of aliphatic hydroxyl groups is 1. The van der Waals surface area contributed by atoms with Crippen LogP contribution in [0.1, 0.15) is 58.6 Å². The third kappa shape index (κ3) is 4.34. The van der Waals surface area contributed by atoms with Gasteiger partial charge in [-0.1, -0.05) is 68.8 Å². The second-order valence-corrected chi connectivity index (χ2v) is 11.6. The highest BCUT2D eigenvalue weighted by Crippen LogP contribution is 2.66. The van der Waals surface area contributed by atoms with Gasteiger partial charge in [-0.15, -0.1) is 0 Å². The molecule has 5 rings (SSSR count). The van der Waals surface area contributed by atoms with Gasteiger partial charge in [-0.2, -0.15) is 0 Å². The predicted molar refractivity (Wildman–Crippen MR) is 147 cm³/mol. The maximum atomic E-state index is 14.5. The first-order valence-corrected chi connectivity index (χ1v) is 14.0. The van der Waals surface area contributed by atoms with Crippen molar-refractivity contribution in [2.75, 3.05) is 11.9 Å². The summed E-state index contributed by atoms with van der Waals surface area (Å²) in [5.74, 6) is -2.64. The number of hydrogen-bond donors (Lipinski definition) is 3. The zero-order chi connectivity index (χ0) is 27.9. The van der Waals surface area contributed by atoms with Crippen LogP contribution in [-0.2, 0) is 19.1 Å². The van der Waals surface area contributed by atoms with Crippen LogP contribution in [0.3, 0.4) is 0 Å². The molecule has 4 unspecified atom stereocenters. The minimum Gasteiger partial charge on any atom is -0.394 e. The largest absolute Gasteiger partial charge is 0.394 e. The standard InChI is InChI=1S/C31H39N3O5/c1-5-12-20(3)32-28(37)26-31-17-19(2)30(4,39-31)24(27(36)33-22-15-10-7-11-16-22)25(31)29(38)34(26)23(18-35)21-13-8-6-9-14-21/h6-11,13-16,19-20,23-26,35H,5,12,17-18H2,1-4H3,(H,32,37)(H,33,36)/t19?,20?,23-,24+,25+,26?,30-,31?/m1/s1. The van der Waals surface area contributed by atoms with Crippen molar-refractivity contribution in [3.05, 3.63) is 66.2 Å². The van der Waals surface area contributed by atoms with E-state index < -0.39 is 35.1 Å². The van der Waals surface area contributed by atoms with Crippen LogP contribution in [0.4, 0.5) is 5.69 Å². The van der Waals surface area contributed by atoms with E-state index in [1.165, 1.54) is 4.90 Å². The number of nitrogens with zero attached hydrogens (tertiary/aromatic N) is 1. The van der Waals surface area contributed by atoms with Crippen molar-refractivity contribution in [3.8, 4) is 0 Å². The Balaban J connectivity index is 1.59. The molecule has 3 aliphatic rings. The van der Waals surface area contributed by atoms with E-state index in [1.54, 1.807) is 12.1 Å². The number of anilines is 1. The Morgan fingerprint density at radius 1 is 1.10 bits per heavy atom. The lowest BCUT2D eigenvalue weighted by Crippen LogP contribution is -2.57. The molecule has 3 saturated heterocycles. The summed E-state index contributed by atoms with van der Waals surface area (Å²) >= 11 is 0. The van der Waals surface area contributed by atoms with Gasteiger partial charge in [0.1, 0.15) is 11.6 Å². The van der Waals surface area contributed by atoms with Gasteiger partial charge in [0, 0.05) is 11.7 Å². The fourth-order valence-electron chi connectivity index (χ4n) is 7.31. The maximum Gasteiger partial charge on any atom is 0.246 e. The number of ether oxygens (including phenoxy) is 1. The number of nitrogens with one attached hydrogen (secondary N) is 2. The van der Waals surface area contributed by atoms with Gasteiger partial charge in [0.15, 0.2) is 0 Å². The van der Waals surface area contributed by atoms with Gasteiger partial charge in [-0.05, 0) is 50.3 Å². The van der Waals surface area contributed by atoms with Crippen molar-refractivity contribution in [1.82, 2.24) is 10.2 Å². The number of rotatable bonds is 9. The average Bonchev–Trinajstić information content (AvgIpc) is 3.43. The SMILES string of the molecule is CCCC(C)NC(=O)C1N([C@H](CO)c2ccccc2)C(=O)[C@@H]2[C@@H](C(=O)Nc3ccccc3)[C@]3(C)OC12CC3C. The van der Waals surface area contributed by atoms with Crippen molar-refractivity contribution in [3.63, 3.8) is 0 Å². The predicted octanol–water partition coefficient (Wildman–Crippen LogP) is 3.67. The van der Waals surface area contributed by atoms with E-state index in [0.717, 1.165) is 18.4 Å². The number of benzene rings is 2. The molecule has 3 heterocycles. The van der Waals surface area contributed by atoms with Gasteiger partial charge in [-0.3, -0.25) is 14.4 Å². The molecule has 3 aliphatic heterocycles. The van der Waals surface area contributed by atoms with Crippen LogP contribution < -0.4 is 10.6 Å². The van der Waals surface area contributed by atoms with Crippen LogP contribution in [0, 0.1) is 17.8 Å². The van der Waals surface area contributed by atoms with Gasteiger partial charge >= 0.3 is 0 Å². The second-order valence-electron chi connectivity index (χ2n) is 11.6. The van der Waals surface area contributed by atoms with Crippen molar-refractivity contribution < 1.29 is 24.2 Å². The highest BCUT2D eigenvalue weighted by Gasteiger charge is 2.80. The average molecular weight is 534 g/mol. The van der Waals surface area contributed by atoms with Crippen LogP contribution in [0.15, 0.2) is 60.7 Å². The zero-order valence-corrected chi connectivity index (χ0v) is 23.1. The summed E-state index contributed by atoms with van der Waals surface area (Å²) in [5, 5.41) is 16.7. The molecular weight excluding hydrogens is 494 g/mol. The van der Waals surface area contributed by atoms with Crippen molar-refractivity contribution in [1.29, 1.82) is 0 Å². The number of likely N-dealkylation sites (tertiary alicyclic amines) is 1. The highest BCUT2D eigenvalue weighted by atomic mass is 16.5. The Labute approximate surface area is 230 Å². The lowest BCUT2D eigenvalue weighted by atomic mass is 9.62. The Hall–Kier alpha value is -3.23. The van der Waals surface area contributed by atoms with Crippen LogP contribution in [0.25, 0.3) is 0 Å². The van der Waals surface area contributed by atoms with E-state index in [2.05, 4.69) is 17.6 Å². The normalized spacial score (nSPS) is 32.5. The Kier molecular flexibility index (Phi) is 7.29. The van der Waals surface area contributed by atoms with Gasteiger partial charge < -0.3 is 25.4 Å². The third-order valence-corrected chi connectivity index (χ3v) is 9.13. The summed E-state index contributed by atoms with van der Waals surface area (Å²) in [6.45, 7) is 7.56. The third-order valence-electron chi connectivity index (χ3n) is 9.13. The number of aliphatic hydroxyl groups excluding tert-OH is 1. The van der Waals surface area contributed by atoms with E-state index in [0.29, 0.717) is 12.1 Å². The summed E-state index contributed by atoms with van der Waals surface area (Å²) in [6.07, 6.45) is 2.17. The molecule has 0 saturated carbocycles. The lowest BCUT2D eigenvalue weighted by molar-refractivity contribution is -0.150. The number of carbonyl (C=O) groups is 3. The molecule has 0 aliphatic carbocycles. The van der Waals surface area contributed by atoms with Gasteiger partial charge in [0.05, 0.1) is 30.1 Å². The number of fused-ring (bicyclic) bond motifs is 1. The molecule has 3 fully saturated rings. The first-order valence-electron chi connectivity index (χ1n) is 14.0. The van der Waals surface area contributed by atoms with Crippen molar-refractivity contribution >= 4 is 23.4 Å². The van der Waals surface area contributed by atoms with E-state index in [4.69, 9.17) is 4.74 Å². The molecule has 2 aromatic rings. The second kappa shape index (κ2) is 10.4. The monoisotopic (exact) mass is 533 g/mol. The minimum atomic E-state index is -1.18. The molecule has 0 radical (unpaired) electrons. The Morgan fingerprint density at radius 2 is 1.74 bits per heavy atom. The fourth-order valence-corrected chi connectivity index (χ4v) is 7.31. The van der Waals surface area contributed by atoms with Gasteiger partial charge in [-0.25, -0.2) is 0 Å². The maximum absolute atomic E-state index is 14.5. The topological polar surface area (TPSA) is 108 Å². The minimum absolute atomic E-state index is 0.0688. The first-order chi connectivity index (χ1) is 18.7. The van der Waals surface area contributed by atoms with E-state index in [9.17, 15) is 19.5 Å². The van der Waals surface area contributed by atoms with Crippen molar-refractivity contribution in [2.24, 2.45) is 17.8 Å². The molecule has 39 heavy (non-hydrogen) atoms. The molecule has 0 aromatic heterocycles. The number of carbonyl (C=O) groups excluding carboxylic acids is 3. The molecule has 8 atom stereocenters. The quantitative estimate of drug-likeness (QED) is 0.456. The molecule has 8 nitrogen and oxygen atoms in total. The molecule has 3 N–H and O–H groups in total. The number of hydrogen-bond acceptors (Lipinski definition) is 5. The van der Waals surface area contributed by atoms with E-state index in [-0.39, 0.29) is 36.3 Å². The smallest absolute Gasteiger partial charge is 0.246 e. The van der Waals surface area contributed by atoms with E-state index in [1.807, 2.05) is 69.3 Å². The Bertz CT molecular complexity index is 1220. The molecule has 2 aromatic carbocycles. The molecule has 2 bridgehead atoms. The molecule has 8 heteroatoms. The van der Waals surface area contributed by atoms with E-state index >= 15 is 0 Å².